The molecule has 2 N–H and O–H groups in total. The first-order valence-electron chi connectivity index (χ1n) is 6.93. The van der Waals surface area contributed by atoms with Gasteiger partial charge in [-0.1, -0.05) is 23.5 Å². The molecule has 0 aliphatic carbocycles. The van der Waals surface area contributed by atoms with E-state index in [4.69, 9.17) is 5.14 Å². The first kappa shape index (κ1) is 15.4. The third-order valence-corrected chi connectivity index (χ3v) is 6.18. The molecule has 1 aliphatic heterocycles. The van der Waals surface area contributed by atoms with Gasteiger partial charge < -0.3 is 4.90 Å². The highest BCUT2D eigenvalue weighted by Gasteiger charge is 2.28. The molecule has 1 atom stereocenters. The van der Waals surface area contributed by atoms with E-state index in [2.05, 4.69) is 9.88 Å². The van der Waals surface area contributed by atoms with Crippen molar-refractivity contribution in [3.63, 3.8) is 0 Å². The molecule has 0 saturated carbocycles. The maximum absolute atomic E-state index is 13.3. The molecular formula is C14H16FN3O2S2. The molecule has 1 saturated heterocycles. The van der Waals surface area contributed by atoms with Gasteiger partial charge in [-0.25, -0.2) is 22.9 Å². The average Bonchev–Trinajstić information content (AvgIpc) is 3.05. The largest absolute Gasteiger partial charge is 0.345 e. The van der Waals surface area contributed by atoms with Crippen molar-refractivity contribution in [2.45, 2.75) is 29.5 Å². The van der Waals surface area contributed by atoms with Gasteiger partial charge in [-0.3, -0.25) is 0 Å². The fourth-order valence-electron chi connectivity index (χ4n) is 2.75. The van der Waals surface area contributed by atoms with Crippen LogP contribution in [0.4, 0.5) is 9.52 Å². The van der Waals surface area contributed by atoms with Crippen LogP contribution in [0.25, 0.3) is 0 Å². The standard InChI is InChI=1S/C14H16FN3O2S2/c15-11-4-1-3-10(7-11)8-12-5-2-6-18(12)14-17-9-13(21-14)22(16,19)20/h1,3-4,7,9,12H,2,5-6,8H2,(H2,16,19,20). The van der Waals surface area contributed by atoms with Gasteiger partial charge in [0.25, 0.3) is 0 Å². The first-order chi connectivity index (χ1) is 10.4. The van der Waals surface area contributed by atoms with Crippen LogP contribution < -0.4 is 10.0 Å². The van der Waals surface area contributed by atoms with Crippen LogP contribution in [0, 0.1) is 5.82 Å². The molecule has 0 radical (unpaired) electrons. The number of hydrogen-bond donors (Lipinski definition) is 1. The Kier molecular flexibility index (Phi) is 4.16. The van der Waals surface area contributed by atoms with Gasteiger partial charge in [-0.2, -0.15) is 0 Å². The fraction of sp³-hybridized carbons (Fsp3) is 0.357. The highest BCUT2D eigenvalue weighted by atomic mass is 32.2. The van der Waals surface area contributed by atoms with Gasteiger partial charge in [0.2, 0.25) is 10.0 Å². The molecule has 1 aromatic carbocycles. The zero-order valence-electron chi connectivity index (χ0n) is 11.8. The van der Waals surface area contributed by atoms with Crippen LogP contribution in [-0.2, 0) is 16.4 Å². The molecule has 0 spiro atoms. The number of benzene rings is 1. The van der Waals surface area contributed by atoms with Gasteiger partial charge in [0.15, 0.2) is 9.34 Å². The van der Waals surface area contributed by atoms with E-state index in [1.54, 1.807) is 6.07 Å². The summed E-state index contributed by atoms with van der Waals surface area (Å²) in [7, 11) is -3.71. The second-order valence-electron chi connectivity index (χ2n) is 5.33. The minimum absolute atomic E-state index is 0.0684. The molecule has 0 amide bonds. The number of primary sulfonamides is 1. The third kappa shape index (κ3) is 3.29. The number of rotatable bonds is 4. The molecule has 1 unspecified atom stereocenters. The summed E-state index contributed by atoms with van der Waals surface area (Å²) in [5.41, 5.74) is 0.931. The second-order valence-corrected chi connectivity index (χ2v) is 8.13. The van der Waals surface area contributed by atoms with E-state index in [-0.39, 0.29) is 16.1 Å². The van der Waals surface area contributed by atoms with Gasteiger partial charge in [0.05, 0.1) is 6.20 Å². The topological polar surface area (TPSA) is 76.3 Å². The normalized spacial score (nSPS) is 18.8. The third-order valence-electron chi connectivity index (χ3n) is 3.74. The number of halogens is 1. The van der Waals surface area contributed by atoms with Crippen molar-refractivity contribution in [2.75, 3.05) is 11.4 Å². The van der Waals surface area contributed by atoms with Crippen molar-refractivity contribution >= 4 is 26.5 Å². The van der Waals surface area contributed by atoms with E-state index in [1.165, 1.54) is 18.3 Å². The summed E-state index contributed by atoms with van der Waals surface area (Å²) in [6, 6.07) is 6.76. The van der Waals surface area contributed by atoms with Crippen LogP contribution in [0.3, 0.4) is 0 Å². The maximum atomic E-state index is 13.3. The predicted octanol–water partition coefficient (Wildman–Crippen LogP) is 2.14. The SMILES string of the molecule is NS(=O)(=O)c1cnc(N2CCCC2Cc2cccc(F)c2)s1. The minimum atomic E-state index is -3.71. The molecule has 1 fully saturated rings. The second kappa shape index (κ2) is 5.94. The Morgan fingerprint density at radius 2 is 2.27 bits per heavy atom. The number of sulfonamides is 1. The zero-order chi connectivity index (χ0) is 15.7. The first-order valence-corrected chi connectivity index (χ1v) is 9.29. The average molecular weight is 341 g/mol. The number of nitrogens with zero attached hydrogens (tertiary/aromatic N) is 2. The van der Waals surface area contributed by atoms with Crippen molar-refractivity contribution in [1.29, 1.82) is 0 Å². The predicted molar refractivity (Wildman–Crippen MR) is 84.0 cm³/mol. The molecule has 8 heteroatoms. The Labute approximate surface area is 132 Å². The van der Waals surface area contributed by atoms with Crippen LogP contribution in [0.5, 0.6) is 0 Å². The lowest BCUT2D eigenvalue weighted by Gasteiger charge is -2.24. The fourth-order valence-corrected chi connectivity index (χ4v) is 4.39. The van der Waals surface area contributed by atoms with Crippen molar-refractivity contribution in [2.24, 2.45) is 5.14 Å². The van der Waals surface area contributed by atoms with Crippen LogP contribution in [-0.4, -0.2) is 26.0 Å². The highest BCUT2D eigenvalue weighted by Crippen LogP contribution is 2.32. The van der Waals surface area contributed by atoms with Gasteiger partial charge in [0.1, 0.15) is 5.82 Å². The molecule has 5 nitrogen and oxygen atoms in total. The van der Waals surface area contributed by atoms with Crippen LogP contribution in [0.15, 0.2) is 34.7 Å². The van der Waals surface area contributed by atoms with Crippen LogP contribution in [0.2, 0.25) is 0 Å². The van der Waals surface area contributed by atoms with Gasteiger partial charge in [-0.05, 0) is 37.0 Å². The summed E-state index contributed by atoms with van der Waals surface area (Å²) in [5.74, 6) is -0.243. The number of aromatic nitrogens is 1. The minimum Gasteiger partial charge on any atom is -0.345 e. The van der Waals surface area contributed by atoms with Crippen molar-refractivity contribution < 1.29 is 12.8 Å². The van der Waals surface area contributed by atoms with Crippen LogP contribution >= 0.6 is 11.3 Å². The maximum Gasteiger partial charge on any atom is 0.249 e. The molecular weight excluding hydrogens is 325 g/mol. The lowest BCUT2D eigenvalue weighted by Crippen LogP contribution is -2.30. The summed E-state index contributed by atoms with van der Waals surface area (Å²) in [6.45, 7) is 0.817. The van der Waals surface area contributed by atoms with E-state index in [9.17, 15) is 12.8 Å². The molecule has 3 rings (SSSR count). The Morgan fingerprint density at radius 3 is 2.95 bits per heavy atom. The summed E-state index contributed by atoms with van der Waals surface area (Å²) >= 11 is 1.08. The van der Waals surface area contributed by atoms with Crippen molar-refractivity contribution in [3.05, 3.63) is 41.8 Å². The van der Waals surface area contributed by atoms with E-state index in [0.29, 0.717) is 11.6 Å². The van der Waals surface area contributed by atoms with Gasteiger partial charge >= 0.3 is 0 Å². The van der Waals surface area contributed by atoms with Crippen molar-refractivity contribution in [1.82, 2.24) is 4.98 Å². The Balaban J connectivity index is 1.80. The smallest absolute Gasteiger partial charge is 0.249 e. The summed E-state index contributed by atoms with van der Waals surface area (Å²) in [4.78, 5) is 6.27. The Bertz CT molecular complexity index is 776. The monoisotopic (exact) mass is 341 g/mol. The molecule has 22 heavy (non-hydrogen) atoms. The lowest BCUT2D eigenvalue weighted by atomic mass is 10.0. The van der Waals surface area contributed by atoms with E-state index < -0.39 is 10.0 Å². The molecule has 1 aliphatic rings. The van der Waals surface area contributed by atoms with E-state index >= 15 is 0 Å². The summed E-state index contributed by atoms with van der Waals surface area (Å²) < 4.78 is 36.1. The van der Waals surface area contributed by atoms with Gasteiger partial charge in [0, 0.05) is 12.6 Å². The molecule has 0 bridgehead atoms. The number of anilines is 1. The van der Waals surface area contributed by atoms with E-state index in [1.807, 2.05) is 6.07 Å². The summed E-state index contributed by atoms with van der Waals surface area (Å²) in [6.07, 6.45) is 3.99. The number of nitrogens with two attached hydrogens (primary N) is 1. The van der Waals surface area contributed by atoms with Crippen LogP contribution in [0.1, 0.15) is 18.4 Å². The highest BCUT2D eigenvalue weighted by molar-refractivity contribution is 7.91. The molecule has 2 heterocycles. The summed E-state index contributed by atoms with van der Waals surface area (Å²) in [5, 5.41) is 5.78. The molecule has 118 valence electrons. The van der Waals surface area contributed by atoms with Crippen molar-refractivity contribution in [3.8, 4) is 0 Å². The molecule has 1 aromatic heterocycles. The number of thiazole rings is 1. The van der Waals surface area contributed by atoms with Gasteiger partial charge in [-0.15, -0.1) is 0 Å². The zero-order valence-corrected chi connectivity index (χ0v) is 13.4. The van der Waals surface area contributed by atoms with E-state index in [0.717, 1.165) is 36.3 Å². The number of hydrogen-bond acceptors (Lipinski definition) is 5. The molecule has 2 aromatic rings. The Hall–Kier alpha value is -1.51. The Morgan fingerprint density at radius 1 is 1.45 bits per heavy atom. The quantitative estimate of drug-likeness (QED) is 0.924. The lowest BCUT2D eigenvalue weighted by molar-refractivity contribution is 0.599.